The van der Waals surface area contributed by atoms with E-state index in [4.69, 9.17) is 5.26 Å². The molecular weight excluding hydrogens is 312 g/mol. The molecule has 1 saturated heterocycles. The molecule has 3 heterocycles. The molecule has 23 heavy (non-hydrogen) atoms. The first-order valence-electron chi connectivity index (χ1n) is 7.44. The van der Waals surface area contributed by atoms with Crippen molar-refractivity contribution in [3.05, 3.63) is 23.2 Å². The molecule has 3 N–H and O–H groups in total. The Morgan fingerprint density at radius 1 is 1.52 bits per heavy atom. The van der Waals surface area contributed by atoms with Crippen LogP contribution in [0.25, 0.3) is 10.6 Å². The van der Waals surface area contributed by atoms with Gasteiger partial charge in [-0.05, 0) is 39.0 Å². The number of carbonyl (C=O) groups excluding carboxylic acids is 1. The van der Waals surface area contributed by atoms with Crippen molar-refractivity contribution < 1.29 is 4.79 Å². The fourth-order valence-electron chi connectivity index (χ4n) is 2.59. The minimum atomic E-state index is -0.223. The average molecular weight is 330 g/mol. The average Bonchev–Trinajstić information content (AvgIpc) is 3.18. The van der Waals surface area contributed by atoms with Crippen molar-refractivity contribution in [1.82, 2.24) is 20.4 Å². The van der Waals surface area contributed by atoms with Crippen LogP contribution in [-0.4, -0.2) is 47.3 Å². The zero-order valence-electron chi connectivity index (χ0n) is 12.8. The molecule has 2 aromatic rings. The zero-order chi connectivity index (χ0) is 16.2. The van der Waals surface area contributed by atoms with Gasteiger partial charge >= 0.3 is 6.03 Å². The van der Waals surface area contributed by atoms with Gasteiger partial charge in [-0.25, -0.2) is 4.79 Å². The predicted molar refractivity (Wildman–Crippen MR) is 89.3 cm³/mol. The summed E-state index contributed by atoms with van der Waals surface area (Å²) in [6.07, 6.45) is 3.56. The molecule has 2 amide bonds. The second-order valence-corrected chi connectivity index (χ2v) is 6.55. The molecule has 0 saturated carbocycles. The van der Waals surface area contributed by atoms with E-state index in [9.17, 15) is 4.79 Å². The summed E-state index contributed by atoms with van der Waals surface area (Å²) >= 11 is 1.43. The largest absolute Gasteiger partial charge is 0.335 e. The van der Waals surface area contributed by atoms with Crippen molar-refractivity contribution in [2.24, 2.45) is 0 Å². The number of hydrogen-bond donors (Lipinski definition) is 3. The minimum absolute atomic E-state index is 0.202. The monoisotopic (exact) mass is 330 g/mol. The summed E-state index contributed by atoms with van der Waals surface area (Å²) in [6.45, 7) is 1.99. The molecule has 0 aliphatic carbocycles. The lowest BCUT2D eigenvalue weighted by molar-refractivity contribution is 0.221. The molecule has 120 valence electrons. The van der Waals surface area contributed by atoms with Crippen LogP contribution in [0.1, 0.15) is 18.4 Å². The number of H-pyrrole nitrogens is 1. The summed E-state index contributed by atoms with van der Waals surface area (Å²) in [5.74, 6) is 0. The van der Waals surface area contributed by atoms with Gasteiger partial charge in [0.2, 0.25) is 0 Å². The highest BCUT2D eigenvalue weighted by Gasteiger charge is 2.19. The minimum Gasteiger partial charge on any atom is -0.335 e. The van der Waals surface area contributed by atoms with Crippen molar-refractivity contribution >= 4 is 23.1 Å². The van der Waals surface area contributed by atoms with Gasteiger partial charge in [-0.2, -0.15) is 10.4 Å². The van der Waals surface area contributed by atoms with Gasteiger partial charge in [0.25, 0.3) is 0 Å². The van der Waals surface area contributed by atoms with E-state index in [0.29, 0.717) is 16.9 Å². The van der Waals surface area contributed by atoms with Crippen LogP contribution in [0.15, 0.2) is 17.6 Å². The maximum atomic E-state index is 12.2. The highest BCUT2D eigenvalue weighted by molar-refractivity contribution is 7.13. The Bertz CT molecular complexity index is 722. The summed E-state index contributed by atoms with van der Waals surface area (Å²) in [5.41, 5.74) is 1.85. The fraction of sp³-hybridized carbons (Fsp3) is 0.400. The van der Waals surface area contributed by atoms with Gasteiger partial charge in [0.05, 0.1) is 16.1 Å². The highest BCUT2D eigenvalue weighted by atomic mass is 32.1. The van der Waals surface area contributed by atoms with E-state index in [0.717, 1.165) is 30.8 Å². The molecule has 1 aliphatic rings. The number of nitrogens with zero attached hydrogens (tertiary/aromatic N) is 3. The van der Waals surface area contributed by atoms with E-state index in [2.05, 4.69) is 38.8 Å². The topological polar surface area (TPSA) is 96.8 Å². The molecule has 1 fully saturated rings. The standard InChI is InChI=1S/C15H18N6OS/c1-21-4-2-11(3-5-21)18-15(22)19-12-8-17-20-14(12)13-6-10(7-16)9-23-13/h6,8-9,11H,2-5H2,1H3,(H,17,20)(H2,18,19,22). The van der Waals surface area contributed by atoms with Crippen LogP contribution in [0.2, 0.25) is 0 Å². The first-order chi connectivity index (χ1) is 11.2. The Morgan fingerprint density at radius 3 is 3.00 bits per heavy atom. The normalized spacial score (nSPS) is 16.0. The van der Waals surface area contributed by atoms with E-state index < -0.39 is 0 Å². The molecule has 0 unspecified atom stereocenters. The van der Waals surface area contributed by atoms with Crippen LogP contribution in [-0.2, 0) is 0 Å². The number of piperidine rings is 1. The third-order valence-corrected chi connectivity index (χ3v) is 4.84. The van der Waals surface area contributed by atoms with E-state index in [-0.39, 0.29) is 12.1 Å². The number of aromatic amines is 1. The molecule has 0 radical (unpaired) electrons. The lowest BCUT2D eigenvalue weighted by atomic mass is 10.1. The Kier molecular flexibility index (Phi) is 4.60. The molecular formula is C15H18N6OS. The van der Waals surface area contributed by atoms with Gasteiger partial charge in [0.15, 0.2) is 0 Å². The molecule has 7 nitrogen and oxygen atoms in total. The van der Waals surface area contributed by atoms with Gasteiger partial charge in [0.1, 0.15) is 11.8 Å². The summed E-state index contributed by atoms with van der Waals surface area (Å²) in [7, 11) is 2.09. The number of urea groups is 1. The third-order valence-electron chi connectivity index (χ3n) is 3.90. The lowest BCUT2D eigenvalue weighted by Crippen LogP contribution is -2.44. The quantitative estimate of drug-likeness (QED) is 0.804. The number of rotatable bonds is 3. The third kappa shape index (κ3) is 3.70. The van der Waals surface area contributed by atoms with Crippen molar-refractivity contribution in [2.45, 2.75) is 18.9 Å². The molecule has 1 aliphatic heterocycles. The van der Waals surface area contributed by atoms with Crippen LogP contribution in [0.5, 0.6) is 0 Å². The molecule has 0 atom stereocenters. The van der Waals surface area contributed by atoms with Gasteiger partial charge in [0, 0.05) is 17.6 Å². The van der Waals surface area contributed by atoms with Crippen LogP contribution >= 0.6 is 11.3 Å². The van der Waals surface area contributed by atoms with Crippen LogP contribution < -0.4 is 10.6 Å². The Balaban J connectivity index is 1.63. The highest BCUT2D eigenvalue weighted by Crippen LogP contribution is 2.30. The van der Waals surface area contributed by atoms with Crippen LogP contribution in [0.4, 0.5) is 10.5 Å². The van der Waals surface area contributed by atoms with E-state index in [1.54, 1.807) is 17.6 Å². The van der Waals surface area contributed by atoms with E-state index in [1.807, 2.05) is 0 Å². The van der Waals surface area contributed by atoms with Crippen molar-refractivity contribution in [1.29, 1.82) is 5.26 Å². The molecule has 8 heteroatoms. The Hall–Kier alpha value is -2.37. The number of likely N-dealkylation sites (tertiary alicyclic amines) is 1. The summed E-state index contributed by atoms with van der Waals surface area (Å²) in [5, 5.41) is 23.5. The lowest BCUT2D eigenvalue weighted by Gasteiger charge is -2.29. The summed E-state index contributed by atoms with van der Waals surface area (Å²) < 4.78 is 0. The van der Waals surface area contributed by atoms with Crippen LogP contribution in [0.3, 0.4) is 0 Å². The molecule has 3 rings (SSSR count). The molecule has 0 aromatic carbocycles. The van der Waals surface area contributed by atoms with E-state index >= 15 is 0 Å². The number of amides is 2. The van der Waals surface area contributed by atoms with Gasteiger partial charge in [-0.1, -0.05) is 0 Å². The second-order valence-electron chi connectivity index (χ2n) is 5.63. The second kappa shape index (κ2) is 6.81. The Labute approximate surface area is 138 Å². The number of carbonyl (C=O) groups is 1. The molecule has 0 bridgehead atoms. The number of thiophene rings is 1. The Morgan fingerprint density at radius 2 is 2.30 bits per heavy atom. The van der Waals surface area contributed by atoms with Gasteiger partial charge < -0.3 is 15.5 Å². The first-order valence-corrected chi connectivity index (χ1v) is 8.32. The maximum absolute atomic E-state index is 12.2. The first kappa shape index (κ1) is 15.5. The summed E-state index contributed by atoms with van der Waals surface area (Å²) in [6, 6.07) is 3.84. The van der Waals surface area contributed by atoms with Crippen LogP contribution in [0, 0.1) is 11.3 Å². The van der Waals surface area contributed by atoms with Gasteiger partial charge in [-0.15, -0.1) is 11.3 Å². The fourth-order valence-corrected chi connectivity index (χ4v) is 3.43. The number of aromatic nitrogens is 2. The number of anilines is 1. The molecule has 0 spiro atoms. The van der Waals surface area contributed by atoms with Crippen molar-refractivity contribution in [3.63, 3.8) is 0 Å². The van der Waals surface area contributed by atoms with Gasteiger partial charge in [-0.3, -0.25) is 5.10 Å². The smallest absolute Gasteiger partial charge is 0.319 e. The predicted octanol–water partition coefficient (Wildman–Crippen LogP) is 2.23. The van der Waals surface area contributed by atoms with E-state index in [1.165, 1.54) is 11.3 Å². The number of nitrogens with one attached hydrogen (secondary N) is 3. The zero-order valence-corrected chi connectivity index (χ0v) is 13.6. The SMILES string of the molecule is CN1CCC(NC(=O)Nc2c[nH]nc2-c2cc(C#N)cs2)CC1. The molecule has 2 aromatic heterocycles. The van der Waals surface area contributed by atoms with Crippen molar-refractivity contribution in [2.75, 3.05) is 25.5 Å². The van der Waals surface area contributed by atoms with Crippen molar-refractivity contribution in [3.8, 4) is 16.6 Å². The maximum Gasteiger partial charge on any atom is 0.319 e. The number of nitriles is 1. The number of hydrogen-bond acceptors (Lipinski definition) is 5. The summed E-state index contributed by atoms with van der Waals surface area (Å²) in [4.78, 5) is 15.3.